The summed E-state index contributed by atoms with van der Waals surface area (Å²) >= 11 is 0. The number of carbonyl (C=O) groups excluding carboxylic acids is 1. The van der Waals surface area contributed by atoms with E-state index in [1.807, 2.05) is 0 Å². The molecule has 1 saturated heterocycles. The number of ether oxygens (including phenoxy) is 1. The fourth-order valence-corrected chi connectivity index (χ4v) is 4.05. The normalized spacial score (nSPS) is 21.4. The summed E-state index contributed by atoms with van der Waals surface area (Å²) in [5.41, 5.74) is -0.393. The quantitative estimate of drug-likeness (QED) is 0.506. The fourth-order valence-electron chi connectivity index (χ4n) is 3.02. The summed E-state index contributed by atoms with van der Waals surface area (Å²) in [4.78, 5) is 28.5. The van der Waals surface area contributed by atoms with Gasteiger partial charge in [-0.3, -0.25) is 17.7 Å². The molecule has 1 fully saturated rings. The maximum Gasteiger partial charge on any atom is 0.351 e. The molecule has 3 rings (SSSR count). The zero-order chi connectivity index (χ0) is 23.5. The molecule has 2 aromatic rings. The number of rotatable bonds is 8. The lowest BCUT2D eigenvalue weighted by Crippen LogP contribution is -2.31. The van der Waals surface area contributed by atoms with Gasteiger partial charge in [-0.2, -0.15) is 21.8 Å². The molecule has 1 aliphatic rings. The van der Waals surface area contributed by atoms with E-state index in [1.165, 1.54) is 12.3 Å². The molecule has 0 aliphatic carbocycles. The molecule has 1 N–H and O–H groups in total. The molecule has 2 heterocycles. The molecule has 0 spiro atoms. The van der Waals surface area contributed by atoms with E-state index < -0.39 is 56.9 Å². The van der Waals surface area contributed by atoms with E-state index in [2.05, 4.69) is 10.3 Å². The first-order chi connectivity index (χ1) is 14.9. The Hall–Kier alpha value is -2.65. The van der Waals surface area contributed by atoms with Crippen LogP contribution >= 0.6 is 0 Å². The van der Waals surface area contributed by atoms with Crippen molar-refractivity contribution in [2.45, 2.75) is 24.9 Å². The summed E-state index contributed by atoms with van der Waals surface area (Å²) in [7, 11) is -7.71. The third-order valence-corrected chi connectivity index (χ3v) is 5.50. The molecule has 0 radical (unpaired) electrons. The zero-order valence-electron chi connectivity index (χ0n) is 17.1. The van der Waals surface area contributed by atoms with Crippen molar-refractivity contribution in [1.29, 1.82) is 0 Å². The molecule has 12 nitrogen and oxygen atoms in total. The lowest BCUT2D eigenvalue weighted by atomic mass is 10.2. The van der Waals surface area contributed by atoms with E-state index in [0.29, 0.717) is 5.56 Å². The van der Waals surface area contributed by atoms with E-state index in [0.717, 1.165) is 17.1 Å². The number of hydrogen-bond acceptors (Lipinski definition) is 10. The first-order valence-corrected chi connectivity index (χ1v) is 12.9. The number of hydrogen-bond donors (Lipinski definition) is 1. The highest BCUT2D eigenvalue weighted by Crippen LogP contribution is 2.31. The molecule has 1 aliphatic heterocycles. The molecule has 1 aromatic heterocycles. The van der Waals surface area contributed by atoms with Crippen LogP contribution in [0.2, 0.25) is 0 Å². The summed E-state index contributed by atoms with van der Waals surface area (Å²) in [6.45, 7) is -0.497. The van der Waals surface area contributed by atoms with E-state index in [4.69, 9.17) is 13.1 Å². The third kappa shape index (κ3) is 6.67. The number of aromatic nitrogens is 2. The molecule has 0 unspecified atom stereocenters. The van der Waals surface area contributed by atoms with Crippen LogP contribution in [0, 0.1) is 0 Å². The van der Waals surface area contributed by atoms with E-state index in [-0.39, 0.29) is 12.2 Å². The predicted molar refractivity (Wildman–Crippen MR) is 112 cm³/mol. The van der Waals surface area contributed by atoms with Crippen molar-refractivity contribution in [3.63, 3.8) is 0 Å². The van der Waals surface area contributed by atoms with Gasteiger partial charge in [0.05, 0.1) is 19.1 Å². The van der Waals surface area contributed by atoms with Gasteiger partial charge in [0.25, 0.3) is 26.1 Å². The second kappa shape index (κ2) is 9.46. The highest BCUT2D eigenvalue weighted by molar-refractivity contribution is 7.86. The fraction of sp³-hybridized carbons (Fsp3) is 0.389. The number of carbonyl (C=O) groups is 1. The van der Waals surface area contributed by atoms with Crippen molar-refractivity contribution in [1.82, 2.24) is 9.55 Å². The van der Waals surface area contributed by atoms with Gasteiger partial charge in [0.15, 0.2) is 0 Å². The van der Waals surface area contributed by atoms with Gasteiger partial charge < -0.3 is 10.1 Å². The van der Waals surface area contributed by atoms with Gasteiger partial charge in [-0.1, -0.05) is 18.2 Å². The molecule has 0 bridgehead atoms. The number of benzene rings is 1. The maximum absolute atomic E-state index is 12.5. The molecular weight excluding hydrogens is 466 g/mol. The summed E-state index contributed by atoms with van der Waals surface area (Å²) in [5.74, 6) is -0.439. The molecule has 32 heavy (non-hydrogen) atoms. The molecular formula is C18H21N3O9S2. The minimum Gasteiger partial charge on any atom is -0.349 e. The molecule has 3 atom stereocenters. The van der Waals surface area contributed by atoms with Crippen molar-refractivity contribution < 1.29 is 34.7 Å². The van der Waals surface area contributed by atoms with Crippen molar-refractivity contribution in [3.05, 3.63) is 58.6 Å². The molecule has 14 heteroatoms. The Morgan fingerprint density at radius 1 is 1.16 bits per heavy atom. The van der Waals surface area contributed by atoms with Crippen molar-refractivity contribution in [3.8, 4) is 0 Å². The SMILES string of the molecule is CS(=O)(=O)OC[C@H]1O[C@@H](n2ccc(NC(=O)c3ccccc3)nc2=O)C[C@@H]1OS(C)(=O)=O. The maximum atomic E-state index is 12.5. The van der Waals surface area contributed by atoms with Crippen molar-refractivity contribution in [2.75, 3.05) is 24.4 Å². The molecule has 0 saturated carbocycles. The second-order valence-electron chi connectivity index (χ2n) is 7.02. The monoisotopic (exact) mass is 487 g/mol. The van der Waals surface area contributed by atoms with Crippen molar-refractivity contribution >= 4 is 32.0 Å². The van der Waals surface area contributed by atoms with Crippen LogP contribution < -0.4 is 11.0 Å². The van der Waals surface area contributed by atoms with Gasteiger partial charge in [0, 0.05) is 18.2 Å². The first-order valence-electron chi connectivity index (χ1n) is 9.25. The van der Waals surface area contributed by atoms with Gasteiger partial charge in [-0.25, -0.2) is 4.79 Å². The Balaban J connectivity index is 1.76. The molecule has 1 aromatic carbocycles. The summed E-state index contributed by atoms with van der Waals surface area (Å²) in [6, 6.07) is 9.71. The Kier molecular flexibility index (Phi) is 7.09. The summed E-state index contributed by atoms with van der Waals surface area (Å²) in [5, 5.41) is 2.51. The van der Waals surface area contributed by atoms with Gasteiger partial charge in [0.2, 0.25) is 0 Å². The van der Waals surface area contributed by atoms with Gasteiger partial charge in [0.1, 0.15) is 24.3 Å². The minimum absolute atomic E-state index is 0.0130. The largest absolute Gasteiger partial charge is 0.351 e. The number of anilines is 1. The van der Waals surface area contributed by atoms with Crippen molar-refractivity contribution in [2.24, 2.45) is 0 Å². The molecule has 174 valence electrons. The third-order valence-electron chi connectivity index (χ3n) is 4.34. The highest BCUT2D eigenvalue weighted by Gasteiger charge is 2.40. The topological polar surface area (TPSA) is 160 Å². The number of nitrogens with one attached hydrogen (secondary N) is 1. The smallest absolute Gasteiger partial charge is 0.349 e. The number of nitrogens with zero attached hydrogens (tertiary/aromatic N) is 2. The zero-order valence-corrected chi connectivity index (χ0v) is 18.7. The van der Waals surface area contributed by atoms with Gasteiger partial charge in [-0.15, -0.1) is 0 Å². The Morgan fingerprint density at radius 3 is 2.44 bits per heavy atom. The van der Waals surface area contributed by atoms with Gasteiger partial charge in [-0.05, 0) is 18.2 Å². The molecule has 1 amide bonds. The minimum atomic E-state index is -3.89. The summed E-state index contributed by atoms with van der Waals surface area (Å²) in [6.07, 6.45) is -0.237. The van der Waals surface area contributed by atoms with Crippen LogP contribution in [0.25, 0.3) is 0 Å². The Labute approximate surface area is 184 Å². The Morgan fingerprint density at radius 2 is 1.84 bits per heavy atom. The van der Waals surface area contributed by atoms with Crippen LogP contribution in [-0.2, 0) is 33.3 Å². The summed E-state index contributed by atoms with van der Waals surface area (Å²) < 4.78 is 62.0. The predicted octanol–water partition coefficient (Wildman–Crippen LogP) is 0.104. The van der Waals surface area contributed by atoms with Crippen LogP contribution in [0.3, 0.4) is 0 Å². The lowest BCUT2D eigenvalue weighted by Gasteiger charge is -2.17. The lowest BCUT2D eigenvalue weighted by molar-refractivity contribution is -0.0351. The van der Waals surface area contributed by atoms with Crippen LogP contribution in [0.5, 0.6) is 0 Å². The van der Waals surface area contributed by atoms with Gasteiger partial charge >= 0.3 is 5.69 Å². The highest BCUT2D eigenvalue weighted by atomic mass is 32.2. The number of amides is 1. The van der Waals surface area contributed by atoms with E-state index in [1.54, 1.807) is 30.3 Å². The standard InChI is InChI=1S/C18H21N3O9S2/c1-31(24,25)28-11-14-13(30-32(2,26)27)10-16(29-14)21-9-8-15(20-18(21)23)19-17(22)12-6-4-3-5-7-12/h3-9,13-14,16H,10-11H2,1-2H3,(H,19,20,22,23)/t13-,14+,16+/m0/s1. The van der Waals surface area contributed by atoms with E-state index >= 15 is 0 Å². The average Bonchev–Trinajstić information content (AvgIpc) is 3.07. The Bertz CT molecular complexity index is 1240. The van der Waals surface area contributed by atoms with Crippen LogP contribution in [0.4, 0.5) is 5.82 Å². The average molecular weight is 488 g/mol. The van der Waals surface area contributed by atoms with Crippen LogP contribution in [-0.4, -0.2) is 63.6 Å². The van der Waals surface area contributed by atoms with Crippen LogP contribution in [0.1, 0.15) is 23.0 Å². The second-order valence-corrected chi connectivity index (χ2v) is 10.3. The van der Waals surface area contributed by atoms with E-state index in [9.17, 15) is 26.4 Å². The first kappa shape index (κ1) is 24.0. The van der Waals surface area contributed by atoms with Crippen LogP contribution in [0.15, 0.2) is 47.4 Å².